The molecule has 6 atom stereocenters. The molecule has 1 fully saturated rings. The Labute approximate surface area is 184 Å². The third-order valence-corrected chi connectivity index (χ3v) is 5.82. The van der Waals surface area contributed by atoms with Crippen molar-refractivity contribution in [2.75, 3.05) is 20.2 Å². The lowest BCUT2D eigenvalue weighted by Crippen LogP contribution is -2.54. The van der Waals surface area contributed by atoms with Crippen molar-refractivity contribution >= 4 is 5.69 Å². The third kappa shape index (κ3) is 5.46. The summed E-state index contributed by atoms with van der Waals surface area (Å²) in [5.41, 5.74) is 1.09. The zero-order valence-electron chi connectivity index (χ0n) is 18.0. The first-order valence-corrected chi connectivity index (χ1v) is 10.4. The Kier molecular flexibility index (Phi) is 7.87. The molecule has 0 amide bonds. The summed E-state index contributed by atoms with van der Waals surface area (Å²) in [6.45, 7) is 1.99. The fourth-order valence-electron chi connectivity index (χ4n) is 3.88. The van der Waals surface area contributed by atoms with Gasteiger partial charge in [-0.05, 0) is 38.1 Å². The van der Waals surface area contributed by atoms with Crippen LogP contribution in [0.3, 0.4) is 0 Å². The van der Waals surface area contributed by atoms with Gasteiger partial charge in [0.05, 0.1) is 23.3 Å². The van der Waals surface area contributed by atoms with Crippen molar-refractivity contribution in [1.82, 2.24) is 19.9 Å². The normalized spacial score (nSPS) is 25.6. The Hall–Kier alpha value is -2.48. The van der Waals surface area contributed by atoms with Crippen molar-refractivity contribution in [1.29, 1.82) is 0 Å². The summed E-state index contributed by atoms with van der Waals surface area (Å²) in [6, 6.07) is 4.60. The Morgan fingerprint density at radius 2 is 2.00 bits per heavy atom. The predicted octanol–water partition coefficient (Wildman–Crippen LogP) is -0.324. The average molecular weight is 452 g/mol. The first-order chi connectivity index (χ1) is 15.2. The number of likely N-dealkylation sites (N-methyl/N-ethyl adjacent to an activating group) is 1. The lowest BCUT2D eigenvalue weighted by molar-refractivity contribution is -0.729. The fourth-order valence-corrected chi connectivity index (χ4v) is 3.88. The van der Waals surface area contributed by atoms with Gasteiger partial charge in [-0.2, -0.15) is 0 Å². The minimum Gasteiger partial charge on any atom is -0.394 e. The van der Waals surface area contributed by atoms with E-state index in [0.29, 0.717) is 30.6 Å². The number of benzene rings is 1. The van der Waals surface area contributed by atoms with E-state index in [-0.39, 0.29) is 22.8 Å². The first kappa shape index (κ1) is 24.2. The standard InChI is InChI=1S/C20H30N5O7/c1-12-9-16(19(28)20(29)32-12)23(2)8-7-14-10-24(22-21-14)17(11-26)18(27)13-3-5-15(6-4-13)25(30)31/h3-6,10,12,16-20,26-29H,7-9,11H2,1-2H3,(H,30,31)/q+1/t12-,16+,17-,18-,19-,20-/m1/s1. The molecule has 12 heteroatoms. The van der Waals surface area contributed by atoms with E-state index in [9.17, 15) is 25.3 Å². The number of hydrogen-bond donors (Lipinski definition) is 5. The smallest absolute Gasteiger partial charge is 0.316 e. The summed E-state index contributed by atoms with van der Waals surface area (Å²) in [4.78, 5) is 12.6. The van der Waals surface area contributed by atoms with Crippen LogP contribution in [0.5, 0.6) is 0 Å². The maximum absolute atomic E-state index is 10.9. The lowest BCUT2D eigenvalue weighted by Gasteiger charge is -2.40. The summed E-state index contributed by atoms with van der Waals surface area (Å²) >= 11 is 0. The molecular formula is C20H30N5O7+. The second-order valence-electron chi connectivity index (χ2n) is 8.11. The van der Waals surface area contributed by atoms with Crippen LogP contribution in [0.25, 0.3) is 0 Å². The van der Waals surface area contributed by atoms with Gasteiger partial charge in [0.15, 0.2) is 6.29 Å². The molecule has 5 N–H and O–H groups in total. The van der Waals surface area contributed by atoms with E-state index in [0.717, 1.165) is 0 Å². The zero-order chi connectivity index (χ0) is 23.4. The van der Waals surface area contributed by atoms with E-state index < -0.39 is 31.1 Å². The highest BCUT2D eigenvalue weighted by Gasteiger charge is 2.37. The van der Waals surface area contributed by atoms with Gasteiger partial charge in [-0.1, -0.05) is 5.21 Å². The average Bonchev–Trinajstić information content (AvgIpc) is 3.23. The topological polar surface area (TPSA) is 164 Å². The van der Waals surface area contributed by atoms with Crippen molar-refractivity contribution in [2.24, 2.45) is 0 Å². The molecule has 1 aromatic carbocycles. The number of hydrogen-bond acceptors (Lipinski definition) is 9. The molecule has 0 aliphatic carbocycles. The SMILES string of the molecule is C[C@@H]1C[C@H](N(C)CCc2cn([C@H](CO)[C@H](O)c3ccc([N+](=O)O)cc3)nn2)[C@@H](O)[C@H](O)O1. The summed E-state index contributed by atoms with van der Waals surface area (Å²) in [5, 5.41) is 57.6. The highest BCUT2D eigenvalue weighted by molar-refractivity contribution is 5.33. The maximum atomic E-state index is 10.9. The van der Waals surface area contributed by atoms with Crippen molar-refractivity contribution in [3.05, 3.63) is 46.6 Å². The van der Waals surface area contributed by atoms with Crippen LogP contribution in [0.2, 0.25) is 0 Å². The van der Waals surface area contributed by atoms with Crippen LogP contribution in [0.15, 0.2) is 30.5 Å². The molecule has 12 nitrogen and oxygen atoms in total. The Bertz CT molecular complexity index is 893. The van der Waals surface area contributed by atoms with Crippen molar-refractivity contribution < 1.29 is 35.3 Å². The van der Waals surface area contributed by atoms with E-state index in [1.54, 1.807) is 6.20 Å². The highest BCUT2D eigenvalue weighted by atomic mass is 16.6. The minimum atomic E-state index is -1.22. The molecule has 1 aromatic heterocycles. The van der Waals surface area contributed by atoms with Crippen LogP contribution >= 0.6 is 0 Å². The van der Waals surface area contributed by atoms with Gasteiger partial charge in [0.2, 0.25) is 0 Å². The molecule has 0 radical (unpaired) electrons. The Morgan fingerprint density at radius 1 is 1.31 bits per heavy atom. The second kappa shape index (κ2) is 10.4. The van der Waals surface area contributed by atoms with Gasteiger partial charge in [0.1, 0.15) is 18.2 Å². The molecule has 3 rings (SSSR count). The van der Waals surface area contributed by atoms with E-state index in [1.165, 1.54) is 28.9 Å². The maximum Gasteiger partial charge on any atom is 0.316 e. The molecule has 2 heterocycles. The van der Waals surface area contributed by atoms with Crippen molar-refractivity contribution in [2.45, 2.75) is 56.5 Å². The molecule has 1 aliphatic rings. The highest BCUT2D eigenvalue weighted by Crippen LogP contribution is 2.27. The number of ether oxygens (including phenoxy) is 1. The minimum absolute atomic E-state index is 0.0187. The molecular weight excluding hydrogens is 422 g/mol. The molecule has 1 saturated heterocycles. The predicted molar refractivity (Wildman–Crippen MR) is 110 cm³/mol. The molecule has 0 spiro atoms. The van der Waals surface area contributed by atoms with Gasteiger partial charge in [-0.15, -0.1) is 5.10 Å². The molecule has 176 valence electrons. The monoisotopic (exact) mass is 452 g/mol. The second-order valence-corrected chi connectivity index (χ2v) is 8.11. The third-order valence-electron chi connectivity index (χ3n) is 5.82. The molecule has 0 bridgehead atoms. The number of nitrogens with zero attached hydrogens (tertiary/aromatic N) is 5. The van der Waals surface area contributed by atoms with Crippen LogP contribution in [-0.2, 0) is 11.2 Å². The van der Waals surface area contributed by atoms with Gasteiger partial charge in [0.25, 0.3) is 4.92 Å². The molecule has 0 saturated carbocycles. The van der Waals surface area contributed by atoms with Gasteiger partial charge in [0, 0.05) is 37.3 Å². The number of aromatic nitrogens is 3. The lowest BCUT2D eigenvalue weighted by atomic mass is 9.99. The Morgan fingerprint density at radius 3 is 2.62 bits per heavy atom. The number of aliphatic hydroxyl groups is 4. The van der Waals surface area contributed by atoms with Crippen LogP contribution in [0, 0.1) is 4.91 Å². The first-order valence-electron chi connectivity index (χ1n) is 10.4. The van der Waals surface area contributed by atoms with Crippen molar-refractivity contribution in [3.63, 3.8) is 0 Å². The molecule has 0 unspecified atom stereocenters. The zero-order valence-corrected chi connectivity index (χ0v) is 18.0. The largest absolute Gasteiger partial charge is 0.394 e. The van der Waals surface area contributed by atoms with Gasteiger partial charge < -0.3 is 30.1 Å². The van der Waals surface area contributed by atoms with E-state index in [4.69, 9.17) is 9.94 Å². The summed E-state index contributed by atoms with van der Waals surface area (Å²) in [7, 11) is 1.85. The van der Waals surface area contributed by atoms with Crippen LogP contribution in [0.4, 0.5) is 5.69 Å². The van der Waals surface area contributed by atoms with Gasteiger partial charge in [-0.25, -0.2) is 9.89 Å². The summed E-state index contributed by atoms with van der Waals surface area (Å²) < 4.78 is 6.62. The van der Waals surface area contributed by atoms with E-state index >= 15 is 0 Å². The van der Waals surface area contributed by atoms with E-state index in [1.807, 2.05) is 18.9 Å². The number of rotatable bonds is 9. The molecule has 2 aromatic rings. The summed E-state index contributed by atoms with van der Waals surface area (Å²) in [5.74, 6) is 0. The fraction of sp³-hybridized carbons (Fsp3) is 0.600. The van der Waals surface area contributed by atoms with Gasteiger partial charge in [-0.3, -0.25) is 0 Å². The number of aliphatic hydroxyl groups excluding tert-OH is 4. The van der Waals surface area contributed by atoms with Gasteiger partial charge >= 0.3 is 5.69 Å². The Balaban J connectivity index is 1.62. The molecule has 1 aliphatic heterocycles. The van der Waals surface area contributed by atoms with Crippen molar-refractivity contribution in [3.8, 4) is 0 Å². The molecule has 32 heavy (non-hydrogen) atoms. The van der Waals surface area contributed by atoms with Crippen LogP contribution in [-0.4, -0.2) is 95.2 Å². The van der Waals surface area contributed by atoms with Crippen LogP contribution < -0.4 is 0 Å². The summed E-state index contributed by atoms with van der Waals surface area (Å²) in [6.07, 6.45) is -0.795. The van der Waals surface area contributed by atoms with Crippen LogP contribution in [0.1, 0.15) is 36.7 Å². The van der Waals surface area contributed by atoms with E-state index in [2.05, 4.69) is 10.3 Å². The quantitative estimate of drug-likeness (QED) is 0.318.